The van der Waals surface area contributed by atoms with Crippen molar-refractivity contribution >= 4 is 0 Å². The quantitative estimate of drug-likeness (QED) is 0.721. The van der Waals surface area contributed by atoms with E-state index in [4.69, 9.17) is 15.7 Å². The van der Waals surface area contributed by atoms with Crippen molar-refractivity contribution in [3.63, 3.8) is 0 Å². The zero-order chi connectivity index (χ0) is 13.0. The van der Waals surface area contributed by atoms with Gasteiger partial charge in [-0.1, -0.05) is 0 Å². The molecule has 0 saturated carbocycles. The second-order valence-corrected chi connectivity index (χ2v) is 3.58. The number of nitrogens with zero attached hydrogens (tertiary/aromatic N) is 2. The molecule has 1 unspecified atom stereocenters. The largest absolute Gasteiger partial charge is 0.493 e. The van der Waals surface area contributed by atoms with Crippen LogP contribution in [0.2, 0.25) is 0 Å². The number of nitriles is 1. The number of nitrogens with two attached hydrogens (primary N) is 1. The minimum absolute atomic E-state index is 0.00741. The smallest absolute Gasteiger partial charge is 0.253 e. The molecule has 6 nitrogen and oxygen atoms in total. The lowest BCUT2D eigenvalue weighted by molar-refractivity contribution is 0.0529. The maximum Gasteiger partial charge on any atom is 0.253 e. The molecule has 17 heavy (non-hydrogen) atoms. The van der Waals surface area contributed by atoms with Gasteiger partial charge in [0.15, 0.2) is 0 Å². The van der Waals surface area contributed by atoms with E-state index < -0.39 is 11.8 Å². The zero-order valence-corrected chi connectivity index (χ0v) is 9.80. The van der Waals surface area contributed by atoms with Gasteiger partial charge in [-0.05, 0) is 19.4 Å². The van der Waals surface area contributed by atoms with Gasteiger partial charge in [-0.2, -0.15) is 5.26 Å². The first-order chi connectivity index (χ1) is 8.01. The molecular weight excluding hydrogens is 222 g/mol. The number of hydrogen-bond acceptors (Lipinski definition) is 5. The summed E-state index contributed by atoms with van der Waals surface area (Å²) >= 11 is 0. The fourth-order valence-corrected chi connectivity index (χ4v) is 1.51. The lowest BCUT2D eigenvalue weighted by Gasteiger charge is -2.15. The Hall–Kier alpha value is -1.84. The van der Waals surface area contributed by atoms with Crippen LogP contribution in [0.1, 0.15) is 18.1 Å². The summed E-state index contributed by atoms with van der Waals surface area (Å²) in [4.78, 5) is 11.7. The normalized spacial score (nSPS) is 12.1. The number of ether oxygens (including phenoxy) is 1. The third kappa shape index (κ3) is 2.84. The van der Waals surface area contributed by atoms with Crippen LogP contribution < -0.4 is 11.3 Å². The van der Waals surface area contributed by atoms with Gasteiger partial charge in [0.05, 0.1) is 6.54 Å². The van der Waals surface area contributed by atoms with E-state index in [0.29, 0.717) is 12.2 Å². The maximum absolute atomic E-state index is 11.7. The highest BCUT2D eigenvalue weighted by atomic mass is 16.5. The van der Waals surface area contributed by atoms with E-state index in [1.807, 2.05) is 6.07 Å². The molecule has 0 bridgehead atoms. The number of aromatic nitrogens is 1. The third-order valence-electron chi connectivity index (χ3n) is 2.33. The van der Waals surface area contributed by atoms with Crippen LogP contribution in [0, 0.1) is 18.3 Å². The maximum atomic E-state index is 11.7. The molecule has 1 aromatic heterocycles. The Morgan fingerprint density at radius 1 is 1.71 bits per heavy atom. The van der Waals surface area contributed by atoms with E-state index in [1.165, 1.54) is 6.07 Å². The standard InChI is InChI=1S/C11H15N3O3/c1-3-17-9(13)6-14-10(15)4-7(2)8(5-12)11(14)16/h4,9,16H,3,6,13H2,1-2H3. The van der Waals surface area contributed by atoms with Crippen molar-refractivity contribution in [2.45, 2.75) is 26.6 Å². The van der Waals surface area contributed by atoms with Gasteiger partial charge >= 0.3 is 0 Å². The monoisotopic (exact) mass is 237 g/mol. The summed E-state index contributed by atoms with van der Waals surface area (Å²) in [6.45, 7) is 3.78. The van der Waals surface area contributed by atoms with Crippen LogP contribution >= 0.6 is 0 Å². The van der Waals surface area contributed by atoms with Crippen molar-refractivity contribution in [3.05, 3.63) is 27.5 Å². The van der Waals surface area contributed by atoms with Crippen LogP contribution in [0.15, 0.2) is 10.9 Å². The summed E-state index contributed by atoms with van der Waals surface area (Å²) < 4.78 is 6.12. The summed E-state index contributed by atoms with van der Waals surface area (Å²) in [5.41, 5.74) is 5.72. The molecule has 0 saturated heterocycles. The Kier molecular flexibility index (Phi) is 4.26. The third-order valence-corrected chi connectivity index (χ3v) is 2.33. The minimum atomic E-state index is -0.696. The van der Waals surface area contributed by atoms with Crippen molar-refractivity contribution in [1.29, 1.82) is 5.26 Å². The first kappa shape index (κ1) is 13.2. The summed E-state index contributed by atoms with van der Waals surface area (Å²) in [7, 11) is 0. The number of hydrogen-bond donors (Lipinski definition) is 2. The van der Waals surface area contributed by atoms with Crippen molar-refractivity contribution in [2.75, 3.05) is 6.61 Å². The molecule has 0 aliphatic carbocycles. The van der Waals surface area contributed by atoms with Crippen molar-refractivity contribution in [3.8, 4) is 11.9 Å². The molecule has 0 aliphatic rings. The fraction of sp³-hybridized carbons (Fsp3) is 0.455. The first-order valence-electron chi connectivity index (χ1n) is 5.22. The van der Waals surface area contributed by atoms with Gasteiger partial charge in [0, 0.05) is 12.7 Å². The summed E-state index contributed by atoms with van der Waals surface area (Å²) in [5.74, 6) is -0.368. The molecule has 0 aromatic carbocycles. The second-order valence-electron chi connectivity index (χ2n) is 3.58. The Labute approximate surface area is 98.9 Å². The molecule has 1 rings (SSSR count). The SMILES string of the molecule is CCOC(N)Cn1c(O)c(C#N)c(C)cc1=O. The number of aryl methyl sites for hydroxylation is 1. The van der Waals surface area contributed by atoms with Crippen molar-refractivity contribution in [2.24, 2.45) is 5.73 Å². The van der Waals surface area contributed by atoms with Gasteiger partial charge in [-0.3, -0.25) is 9.36 Å². The van der Waals surface area contributed by atoms with Crippen LogP contribution in [0.25, 0.3) is 0 Å². The van der Waals surface area contributed by atoms with Gasteiger partial charge in [-0.25, -0.2) is 0 Å². The minimum Gasteiger partial charge on any atom is -0.493 e. The molecule has 0 amide bonds. The number of rotatable bonds is 4. The molecule has 1 heterocycles. The molecule has 0 aliphatic heterocycles. The van der Waals surface area contributed by atoms with Crippen LogP contribution in [-0.2, 0) is 11.3 Å². The van der Waals surface area contributed by atoms with Gasteiger partial charge in [0.2, 0.25) is 5.88 Å². The van der Waals surface area contributed by atoms with E-state index >= 15 is 0 Å². The molecule has 92 valence electrons. The molecular formula is C11H15N3O3. The highest BCUT2D eigenvalue weighted by Crippen LogP contribution is 2.17. The Morgan fingerprint density at radius 2 is 2.35 bits per heavy atom. The number of aromatic hydroxyl groups is 1. The number of pyridine rings is 1. The predicted molar refractivity (Wildman–Crippen MR) is 61.4 cm³/mol. The molecule has 1 aromatic rings. The summed E-state index contributed by atoms with van der Waals surface area (Å²) in [5, 5.41) is 18.7. The van der Waals surface area contributed by atoms with E-state index in [2.05, 4.69) is 0 Å². The van der Waals surface area contributed by atoms with Crippen molar-refractivity contribution in [1.82, 2.24) is 4.57 Å². The fourth-order valence-electron chi connectivity index (χ4n) is 1.51. The highest BCUT2D eigenvalue weighted by Gasteiger charge is 2.14. The van der Waals surface area contributed by atoms with Gasteiger partial charge in [-0.15, -0.1) is 0 Å². The van der Waals surface area contributed by atoms with E-state index in [0.717, 1.165) is 4.57 Å². The van der Waals surface area contributed by atoms with Crippen molar-refractivity contribution < 1.29 is 9.84 Å². The first-order valence-corrected chi connectivity index (χ1v) is 5.22. The topological polar surface area (TPSA) is 101 Å². The molecule has 0 radical (unpaired) electrons. The lowest BCUT2D eigenvalue weighted by Crippen LogP contribution is -2.34. The second kappa shape index (κ2) is 5.48. The Morgan fingerprint density at radius 3 is 2.88 bits per heavy atom. The zero-order valence-electron chi connectivity index (χ0n) is 9.80. The molecule has 0 spiro atoms. The highest BCUT2D eigenvalue weighted by molar-refractivity contribution is 5.43. The Bertz CT molecular complexity index is 502. The van der Waals surface area contributed by atoms with Gasteiger partial charge < -0.3 is 15.6 Å². The average molecular weight is 237 g/mol. The predicted octanol–water partition coefficient (Wildman–Crippen LogP) is 0.0553. The summed E-state index contributed by atoms with van der Waals surface area (Å²) in [6.07, 6.45) is -0.696. The van der Waals surface area contributed by atoms with Crippen LogP contribution in [0.5, 0.6) is 5.88 Å². The van der Waals surface area contributed by atoms with E-state index in [-0.39, 0.29) is 18.0 Å². The summed E-state index contributed by atoms with van der Waals surface area (Å²) in [6, 6.07) is 3.13. The van der Waals surface area contributed by atoms with Gasteiger partial charge in [0.25, 0.3) is 5.56 Å². The van der Waals surface area contributed by atoms with E-state index in [1.54, 1.807) is 13.8 Å². The molecule has 0 fully saturated rings. The van der Waals surface area contributed by atoms with E-state index in [9.17, 15) is 9.90 Å². The lowest BCUT2D eigenvalue weighted by atomic mass is 10.1. The van der Waals surface area contributed by atoms with Crippen LogP contribution in [0.4, 0.5) is 0 Å². The Balaban J connectivity index is 3.17. The molecule has 1 atom stereocenters. The van der Waals surface area contributed by atoms with Crippen LogP contribution in [-0.4, -0.2) is 22.5 Å². The van der Waals surface area contributed by atoms with Gasteiger partial charge in [0.1, 0.15) is 17.9 Å². The van der Waals surface area contributed by atoms with Crippen LogP contribution in [0.3, 0.4) is 0 Å². The average Bonchev–Trinajstić information content (AvgIpc) is 2.25. The molecule has 3 N–H and O–H groups in total. The molecule has 6 heteroatoms.